The summed E-state index contributed by atoms with van der Waals surface area (Å²) in [5, 5.41) is 8.84. The largest absolute Gasteiger partial charge is 0.461 e. The van der Waals surface area contributed by atoms with Crippen LogP contribution in [0.1, 0.15) is 26.7 Å². The first-order valence-corrected chi connectivity index (χ1v) is 11.5. The lowest BCUT2D eigenvalue weighted by atomic mass is 10.3. The van der Waals surface area contributed by atoms with E-state index in [1.165, 1.54) is 21.2 Å². The van der Waals surface area contributed by atoms with Gasteiger partial charge in [-0.1, -0.05) is 31.2 Å². The molecule has 0 atom stereocenters. The molecule has 3 rings (SSSR count). The topological polar surface area (TPSA) is 145 Å². The van der Waals surface area contributed by atoms with Crippen molar-refractivity contribution < 1.29 is 9.21 Å². The standard InChI is InChI=1S/C21H27N7O4S/c1-4-7-11-27-17(22)16(19(30)23-20(27)31)26(6-3)15(29)13-33-21-25-24-18(28(21)10-5-2)14-9-8-12-32-14/h5,8-9,12H,2,4,6-7,10-11,13,22H2,1,3H3,(H,23,30,31). The van der Waals surface area contributed by atoms with Crippen molar-refractivity contribution in [1.82, 2.24) is 24.3 Å². The third-order valence-corrected chi connectivity index (χ3v) is 5.88. The molecule has 0 fully saturated rings. The van der Waals surface area contributed by atoms with Gasteiger partial charge in [-0.3, -0.25) is 23.7 Å². The predicted octanol–water partition coefficient (Wildman–Crippen LogP) is 2.10. The highest BCUT2D eigenvalue weighted by molar-refractivity contribution is 7.99. The quantitative estimate of drug-likeness (QED) is 0.318. The smallest absolute Gasteiger partial charge is 0.330 e. The van der Waals surface area contributed by atoms with Crippen molar-refractivity contribution in [3.05, 3.63) is 51.9 Å². The Morgan fingerprint density at radius 2 is 2.12 bits per heavy atom. The Kier molecular flexibility index (Phi) is 7.93. The first kappa shape index (κ1) is 24.1. The van der Waals surface area contributed by atoms with Crippen LogP contribution < -0.4 is 21.9 Å². The Morgan fingerprint density at radius 1 is 1.33 bits per heavy atom. The molecule has 3 aromatic rings. The van der Waals surface area contributed by atoms with E-state index in [0.29, 0.717) is 36.3 Å². The number of nitrogens with one attached hydrogen (secondary N) is 1. The molecule has 3 aromatic heterocycles. The molecule has 33 heavy (non-hydrogen) atoms. The van der Waals surface area contributed by atoms with Gasteiger partial charge in [0.2, 0.25) is 11.7 Å². The average molecular weight is 474 g/mol. The fourth-order valence-corrected chi connectivity index (χ4v) is 4.14. The number of amides is 1. The number of aromatic amines is 1. The Hall–Kier alpha value is -3.54. The summed E-state index contributed by atoms with van der Waals surface area (Å²) in [6.45, 7) is 8.46. The van der Waals surface area contributed by atoms with Crippen molar-refractivity contribution in [3.8, 4) is 11.6 Å². The molecule has 0 spiro atoms. The molecule has 1 amide bonds. The van der Waals surface area contributed by atoms with E-state index in [0.717, 1.165) is 6.42 Å². The van der Waals surface area contributed by atoms with Crippen LogP contribution in [0.15, 0.2) is 50.2 Å². The minimum Gasteiger partial charge on any atom is -0.461 e. The first-order valence-electron chi connectivity index (χ1n) is 10.6. The Labute approximate surface area is 194 Å². The van der Waals surface area contributed by atoms with Crippen molar-refractivity contribution in [1.29, 1.82) is 0 Å². The second-order valence-corrected chi connectivity index (χ2v) is 8.05. The van der Waals surface area contributed by atoms with Gasteiger partial charge in [0, 0.05) is 19.6 Å². The van der Waals surface area contributed by atoms with Crippen LogP contribution in [-0.4, -0.2) is 42.5 Å². The molecule has 0 unspecified atom stereocenters. The summed E-state index contributed by atoms with van der Waals surface area (Å²) in [7, 11) is 0. The Bertz CT molecular complexity index is 1230. The highest BCUT2D eigenvalue weighted by atomic mass is 32.2. The normalized spacial score (nSPS) is 11.0. The number of nitrogen functional groups attached to an aromatic ring is 1. The molecule has 0 saturated carbocycles. The number of anilines is 2. The van der Waals surface area contributed by atoms with Gasteiger partial charge in [-0.05, 0) is 25.5 Å². The number of nitrogens with zero attached hydrogens (tertiary/aromatic N) is 5. The number of rotatable bonds is 11. The SMILES string of the molecule is C=CCn1c(SCC(=O)N(CC)c2c(N)n(CCCC)c(=O)[nH]c2=O)nnc1-c1ccco1. The summed E-state index contributed by atoms with van der Waals surface area (Å²) >= 11 is 1.17. The molecule has 0 saturated heterocycles. The van der Waals surface area contributed by atoms with E-state index < -0.39 is 11.2 Å². The number of allylic oxidation sites excluding steroid dienone is 1. The number of carbonyl (C=O) groups excluding carboxylic acids is 1. The van der Waals surface area contributed by atoms with Gasteiger partial charge in [0.15, 0.2) is 16.6 Å². The van der Waals surface area contributed by atoms with Crippen molar-refractivity contribution in [3.63, 3.8) is 0 Å². The maximum absolute atomic E-state index is 13.1. The highest BCUT2D eigenvalue weighted by Gasteiger charge is 2.24. The maximum atomic E-state index is 13.1. The Morgan fingerprint density at radius 3 is 2.76 bits per heavy atom. The summed E-state index contributed by atoms with van der Waals surface area (Å²) in [4.78, 5) is 41.4. The number of H-pyrrole nitrogens is 1. The number of carbonyl (C=O) groups is 1. The number of aromatic nitrogens is 5. The summed E-state index contributed by atoms with van der Waals surface area (Å²) < 4.78 is 8.49. The molecule has 0 aliphatic carbocycles. The molecule has 0 aliphatic heterocycles. The molecule has 12 heteroatoms. The molecule has 3 heterocycles. The van der Waals surface area contributed by atoms with E-state index >= 15 is 0 Å². The average Bonchev–Trinajstić information content (AvgIpc) is 3.45. The highest BCUT2D eigenvalue weighted by Crippen LogP contribution is 2.25. The molecule has 0 radical (unpaired) electrons. The molecule has 11 nitrogen and oxygen atoms in total. The van der Waals surface area contributed by atoms with Gasteiger partial charge in [-0.15, -0.1) is 16.8 Å². The minimum atomic E-state index is -0.694. The lowest BCUT2D eigenvalue weighted by Crippen LogP contribution is -2.41. The number of furan rings is 1. The number of hydrogen-bond donors (Lipinski definition) is 2. The van der Waals surface area contributed by atoms with Gasteiger partial charge >= 0.3 is 5.69 Å². The van der Waals surface area contributed by atoms with Crippen LogP contribution in [0.25, 0.3) is 11.6 Å². The van der Waals surface area contributed by atoms with Gasteiger partial charge in [0.1, 0.15) is 5.82 Å². The zero-order chi connectivity index (χ0) is 24.0. The molecule has 3 N–H and O–H groups in total. The Balaban J connectivity index is 1.85. The number of thioether (sulfide) groups is 1. The molecule has 0 bridgehead atoms. The molecule has 0 aromatic carbocycles. The third kappa shape index (κ3) is 5.11. The summed E-state index contributed by atoms with van der Waals surface area (Å²) in [6.07, 6.45) is 4.79. The van der Waals surface area contributed by atoms with E-state index in [1.807, 2.05) is 6.92 Å². The minimum absolute atomic E-state index is 0.0196. The number of hydrogen-bond acceptors (Lipinski definition) is 8. The van der Waals surface area contributed by atoms with E-state index in [9.17, 15) is 14.4 Å². The molecular formula is C21H27N7O4S. The maximum Gasteiger partial charge on any atom is 0.330 e. The first-order chi connectivity index (χ1) is 15.9. The van der Waals surface area contributed by atoms with Gasteiger partial charge < -0.3 is 15.1 Å². The fourth-order valence-electron chi connectivity index (χ4n) is 3.32. The second kappa shape index (κ2) is 10.9. The summed E-state index contributed by atoms with van der Waals surface area (Å²) in [6, 6.07) is 3.52. The zero-order valence-electron chi connectivity index (χ0n) is 18.6. The number of unbranched alkanes of at least 4 members (excludes halogenated alkanes) is 1. The summed E-state index contributed by atoms with van der Waals surface area (Å²) in [5.74, 6) is 0.673. The monoisotopic (exact) mass is 473 g/mol. The van der Waals surface area contributed by atoms with Crippen LogP contribution in [0.5, 0.6) is 0 Å². The van der Waals surface area contributed by atoms with Gasteiger partial charge in [-0.25, -0.2) is 4.79 Å². The zero-order valence-corrected chi connectivity index (χ0v) is 19.4. The second-order valence-electron chi connectivity index (χ2n) is 7.11. The van der Waals surface area contributed by atoms with E-state index in [1.54, 1.807) is 36.0 Å². The van der Waals surface area contributed by atoms with E-state index in [2.05, 4.69) is 21.8 Å². The van der Waals surface area contributed by atoms with Crippen molar-refractivity contribution >= 4 is 29.2 Å². The fraction of sp³-hybridized carbons (Fsp3) is 0.381. The van der Waals surface area contributed by atoms with Crippen molar-refractivity contribution in [2.45, 2.75) is 44.9 Å². The molecular weight excluding hydrogens is 446 g/mol. The van der Waals surface area contributed by atoms with Crippen molar-refractivity contribution in [2.75, 3.05) is 22.9 Å². The molecule has 176 valence electrons. The van der Waals surface area contributed by atoms with Crippen LogP contribution >= 0.6 is 11.8 Å². The lowest BCUT2D eigenvalue weighted by molar-refractivity contribution is -0.116. The molecule has 0 aliphatic rings. The predicted molar refractivity (Wildman–Crippen MR) is 127 cm³/mol. The van der Waals surface area contributed by atoms with Crippen LogP contribution in [0.2, 0.25) is 0 Å². The lowest BCUT2D eigenvalue weighted by Gasteiger charge is -2.23. The van der Waals surface area contributed by atoms with Gasteiger partial charge in [0.05, 0.1) is 12.0 Å². The third-order valence-electron chi connectivity index (χ3n) is 4.93. The van der Waals surface area contributed by atoms with Gasteiger partial charge in [-0.2, -0.15) is 0 Å². The van der Waals surface area contributed by atoms with Crippen LogP contribution in [0.4, 0.5) is 11.5 Å². The number of nitrogens with two attached hydrogens (primary N) is 1. The van der Waals surface area contributed by atoms with Crippen LogP contribution in [0, 0.1) is 0 Å². The van der Waals surface area contributed by atoms with Crippen LogP contribution in [-0.2, 0) is 17.9 Å². The van der Waals surface area contributed by atoms with Crippen LogP contribution in [0.3, 0.4) is 0 Å². The summed E-state index contributed by atoms with van der Waals surface area (Å²) in [5.41, 5.74) is 4.86. The van der Waals surface area contributed by atoms with E-state index in [4.69, 9.17) is 10.2 Å². The van der Waals surface area contributed by atoms with E-state index in [-0.39, 0.29) is 29.7 Å². The van der Waals surface area contributed by atoms with Crippen molar-refractivity contribution in [2.24, 2.45) is 0 Å². The van der Waals surface area contributed by atoms with Gasteiger partial charge in [0.25, 0.3) is 5.56 Å².